The Labute approximate surface area is 87.0 Å². The molecule has 0 saturated heterocycles. The third kappa shape index (κ3) is 4.94. The fourth-order valence-corrected chi connectivity index (χ4v) is 1.52. The van der Waals surface area contributed by atoms with Gasteiger partial charge in [-0.1, -0.05) is 43.2 Å². The number of unbranched alkanes of at least 4 members (excludes halogenated alkanes) is 1. The van der Waals surface area contributed by atoms with Crippen LogP contribution in [0.5, 0.6) is 0 Å². The van der Waals surface area contributed by atoms with E-state index in [9.17, 15) is 0 Å². The van der Waals surface area contributed by atoms with Gasteiger partial charge in [0.05, 0.1) is 0 Å². The molecule has 0 heterocycles. The molecule has 13 heavy (non-hydrogen) atoms. The smallest absolute Gasteiger partial charge is 0.0437 e. The lowest BCUT2D eigenvalue weighted by atomic mass is 10.0. The lowest BCUT2D eigenvalue weighted by Gasteiger charge is -2.07. The zero-order valence-corrected chi connectivity index (χ0v) is 9.62. The van der Waals surface area contributed by atoms with Crippen molar-refractivity contribution < 1.29 is 0 Å². The predicted octanol–water partition coefficient (Wildman–Crippen LogP) is 4.82. The summed E-state index contributed by atoms with van der Waals surface area (Å²) in [5, 5.41) is 0.837. The first kappa shape index (κ1) is 12.5. The normalized spacial score (nSPS) is 13.2. The van der Waals surface area contributed by atoms with Gasteiger partial charge in [0.2, 0.25) is 0 Å². The molecule has 0 radical (unpaired) electrons. The molecule has 0 amide bonds. The van der Waals surface area contributed by atoms with Gasteiger partial charge >= 0.3 is 0 Å². The Bertz CT molecular complexity index is 221. The molecule has 74 valence electrons. The molecule has 0 aliphatic rings. The molecule has 0 fully saturated rings. The zero-order valence-electron chi connectivity index (χ0n) is 8.86. The van der Waals surface area contributed by atoms with Crippen LogP contribution in [0.2, 0.25) is 0 Å². The van der Waals surface area contributed by atoms with Crippen LogP contribution in [-0.4, -0.2) is 0 Å². The second-order valence-corrected chi connectivity index (χ2v) is 3.62. The Morgan fingerprint density at radius 1 is 1.46 bits per heavy atom. The third-order valence-electron chi connectivity index (χ3n) is 1.90. The molecule has 0 aromatic heterocycles. The van der Waals surface area contributed by atoms with Crippen molar-refractivity contribution in [3.63, 3.8) is 0 Å². The van der Waals surface area contributed by atoms with Crippen molar-refractivity contribution in [3.8, 4) is 0 Å². The second-order valence-electron chi connectivity index (χ2n) is 3.21. The average molecular weight is 199 g/mol. The minimum absolute atomic E-state index is 0.837. The summed E-state index contributed by atoms with van der Waals surface area (Å²) in [5.41, 5.74) is 2.28. The second kappa shape index (κ2) is 6.97. The molecule has 0 aliphatic heterocycles. The summed E-state index contributed by atoms with van der Waals surface area (Å²) in [7, 11) is 0. The molecule has 0 aromatic rings. The Balaban J connectivity index is 4.57. The lowest BCUT2D eigenvalue weighted by Crippen LogP contribution is -1.87. The molecule has 0 bridgehead atoms. The third-order valence-corrected chi connectivity index (χ3v) is 2.25. The standard InChI is InChI=1S/C12H19Cl/c1-5-7-9-11(10(3)4)12(13)8-6-2/h6,8H,3,5,7,9H2,1-2,4H3/b8-6-,12-11+. The molecule has 0 nitrogen and oxygen atoms in total. The largest absolute Gasteiger partial charge is 0.0958 e. The maximum absolute atomic E-state index is 6.11. The molecule has 0 spiro atoms. The highest BCUT2D eigenvalue weighted by atomic mass is 35.5. The van der Waals surface area contributed by atoms with Gasteiger partial charge in [-0.3, -0.25) is 0 Å². The van der Waals surface area contributed by atoms with Gasteiger partial charge < -0.3 is 0 Å². The van der Waals surface area contributed by atoms with Crippen molar-refractivity contribution in [2.24, 2.45) is 0 Å². The number of hydrogen-bond acceptors (Lipinski definition) is 0. The first-order valence-corrected chi connectivity index (χ1v) is 5.18. The van der Waals surface area contributed by atoms with Gasteiger partial charge in [-0.25, -0.2) is 0 Å². The van der Waals surface area contributed by atoms with E-state index in [0.717, 1.165) is 17.0 Å². The minimum atomic E-state index is 0.837. The monoisotopic (exact) mass is 198 g/mol. The number of allylic oxidation sites excluding steroid dienone is 5. The summed E-state index contributed by atoms with van der Waals surface area (Å²) in [6, 6.07) is 0. The molecule has 0 aliphatic carbocycles. The van der Waals surface area contributed by atoms with Crippen molar-refractivity contribution in [1.29, 1.82) is 0 Å². The predicted molar refractivity (Wildman–Crippen MR) is 62.0 cm³/mol. The van der Waals surface area contributed by atoms with E-state index in [4.69, 9.17) is 11.6 Å². The van der Waals surface area contributed by atoms with E-state index in [1.165, 1.54) is 18.4 Å². The van der Waals surface area contributed by atoms with Crippen molar-refractivity contribution in [2.45, 2.75) is 40.0 Å². The first-order chi connectivity index (χ1) is 6.13. The lowest BCUT2D eigenvalue weighted by molar-refractivity contribution is 0.790. The average Bonchev–Trinajstić information content (AvgIpc) is 2.05. The zero-order chi connectivity index (χ0) is 10.3. The maximum atomic E-state index is 6.11. The molecular weight excluding hydrogens is 180 g/mol. The van der Waals surface area contributed by atoms with E-state index in [1.807, 2.05) is 26.0 Å². The van der Waals surface area contributed by atoms with Crippen LogP contribution in [0.25, 0.3) is 0 Å². The van der Waals surface area contributed by atoms with Crippen LogP contribution in [0.15, 0.2) is 34.9 Å². The topological polar surface area (TPSA) is 0 Å². The Morgan fingerprint density at radius 3 is 2.46 bits per heavy atom. The number of hydrogen-bond donors (Lipinski definition) is 0. The Kier molecular flexibility index (Phi) is 6.70. The highest BCUT2D eigenvalue weighted by molar-refractivity contribution is 6.31. The first-order valence-electron chi connectivity index (χ1n) is 4.80. The summed E-state index contributed by atoms with van der Waals surface area (Å²) in [4.78, 5) is 0. The summed E-state index contributed by atoms with van der Waals surface area (Å²) in [6.45, 7) is 10.1. The van der Waals surface area contributed by atoms with Crippen molar-refractivity contribution in [2.75, 3.05) is 0 Å². The van der Waals surface area contributed by atoms with Gasteiger partial charge in [-0.15, -0.1) is 0 Å². The van der Waals surface area contributed by atoms with Crippen LogP contribution in [0, 0.1) is 0 Å². The van der Waals surface area contributed by atoms with Crippen LogP contribution < -0.4 is 0 Å². The molecule has 0 saturated carbocycles. The maximum Gasteiger partial charge on any atom is 0.0437 e. The fraction of sp³-hybridized carbons (Fsp3) is 0.500. The summed E-state index contributed by atoms with van der Waals surface area (Å²) < 4.78 is 0. The van der Waals surface area contributed by atoms with E-state index in [1.54, 1.807) is 0 Å². The molecule has 0 aromatic carbocycles. The fourth-order valence-electron chi connectivity index (χ4n) is 1.14. The van der Waals surface area contributed by atoms with Crippen LogP contribution in [0.4, 0.5) is 0 Å². The van der Waals surface area contributed by atoms with Crippen LogP contribution in [-0.2, 0) is 0 Å². The van der Waals surface area contributed by atoms with E-state index in [-0.39, 0.29) is 0 Å². The van der Waals surface area contributed by atoms with E-state index in [0.29, 0.717) is 0 Å². The highest BCUT2D eigenvalue weighted by Crippen LogP contribution is 2.23. The highest BCUT2D eigenvalue weighted by Gasteiger charge is 2.02. The van der Waals surface area contributed by atoms with Gasteiger partial charge in [-0.05, 0) is 38.3 Å². The Hall–Kier alpha value is -0.490. The van der Waals surface area contributed by atoms with E-state index >= 15 is 0 Å². The minimum Gasteiger partial charge on any atom is -0.0958 e. The van der Waals surface area contributed by atoms with Crippen molar-refractivity contribution in [1.82, 2.24) is 0 Å². The van der Waals surface area contributed by atoms with Gasteiger partial charge in [0, 0.05) is 5.03 Å². The quantitative estimate of drug-likeness (QED) is 0.556. The molecule has 0 unspecified atom stereocenters. The molecule has 1 heteroatoms. The van der Waals surface area contributed by atoms with E-state index < -0.39 is 0 Å². The van der Waals surface area contributed by atoms with Crippen LogP contribution in [0.3, 0.4) is 0 Å². The number of halogens is 1. The summed E-state index contributed by atoms with van der Waals surface area (Å²) in [5.74, 6) is 0. The molecule has 0 N–H and O–H groups in total. The van der Waals surface area contributed by atoms with Crippen molar-refractivity contribution >= 4 is 11.6 Å². The number of rotatable bonds is 5. The van der Waals surface area contributed by atoms with Gasteiger partial charge in [-0.2, -0.15) is 0 Å². The van der Waals surface area contributed by atoms with Gasteiger partial charge in [0.1, 0.15) is 0 Å². The summed E-state index contributed by atoms with van der Waals surface area (Å²) >= 11 is 6.11. The van der Waals surface area contributed by atoms with Crippen molar-refractivity contribution in [3.05, 3.63) is 34.9 Å². The summed E-state index contributed by atoms with van der Waals surface area (Å²) in [6.07, 6.45) is 7.29. The van der Waals surface area contributed by atoms with Crippen LogP contribution >= 0.6 is 11.6 Å². The van der Waals surface area contributed by atoms with Crippen LogP contribution in [0.1, 0.15) is 40.0 Å². The Morgan fingerprint density at radius 2 is 2.08 bits per heavy atom. The SMILES string of the molecule is C=C(C)/C(CCCC)=C(Cl)\C=C/C. The molecular formula is C12H19Cl. The van der Waals surface area contributed by atoms with Gasteiger partial charge in [0.15, 0.2) is 0 Å². The van der Waals surface area contributed by atoms with Gasteiger partial charge in [0.25, 0.3) is 0 Å². The molecule has 0 atom stereocenters. The van der Waals surface area contributed by atoms with E-state index in [2.05, 4.69) is 13.5 Å². The molecule has 0 rings (SSSR count).